The van der Waals surface area contributed by atoms with Gasteiger partial charge in [-0.1, -0.05) is 6.07 Å². The molecule has 0 saturated carbocycles. The van der Waals surface area contributed by atoms with E-state index in [1.807, 2.05) is 6.07 Å². The summed E-state index contributed by atoms with van der Waals surface area (Å²) in [4.78, 5) is 16.5. The Labute approximate surface area is 148 Å². The molecule has 122 valence electrons. The van der Waals surface area contributed by atoms with E-state index in [2.05, 4.69) is 32.9 Å². The standard InChI is InChI=1S/C16H17IN2O4/c1-21-13-7-11(12(17)8-14(13)22-2)15(20)19-9-10-5-4-6-18-16(10)23-3/h4-8H,9H2,1-3H3,(H,19,20). The fourth-order valence-electron chi connectivity index (χ4n) is 2.04. The van der Waals surface area contributed by atoms with Crippen molar-refractivity contribution < 1.29 is 19.0 Å². The van der Waals surface area contributed by atoms with Crippen LogP contribution in [0.25, 0.3) is 0 Å². The molecule has 1 aromatic carbocycles. The third-order valence-corrected chi connectivity index (χ3v) is 4.09. The minimum Gasteiger partial charge on any atom is -0.493 e. The molecule has 7 heteroatoms. The van der Waals surface area contributed by atoms with Gasteiger partial charge in [-0.05, 0) is 40.8 Å². The summed E-state index contributed by atoms with van der Waals surface area (Å²) in [6.45, 7) is 0.320. The normalized spacial score (nSPS) is 10.1. The second-order valence-electron chi connectivity index (χ2n) is 4.54. The fourth-order valence-corrected chi connectivity index (χ4v) is 2.72. The highest BCUT2D eigenvalue weighted by molar-refractivity contribution is 14.1. The van der Waals surface area contributed by atoms with Gasteiger partial charge >= 0.3 is 0 Å². The summed E-state index contributed by atoms with van der Waals surface area (Å²) in [6, 6.07) is 7.07. The van der Waals surface area contributed by atoms with Crippen LogP contribution in [-0.2, 0) is 6.54 Å². The van der Waals surface area contributed by atoms with Crippen molar-refractivity contribution in [2.24, 2.45) is 0 Å². The van der Waals surface area contributed by atoms with Gasteiger partial charge in [-0.3, -0.25) is 4.79 Å². The van der Waals surface area contributed by atoms with Crippen molar-refractivity contribution in [1.82, 2.24) is 10.3 Å². The third-order valence-electron chi connectivity index (χ3n) is 3.20. The molecular weight excluding hydrogens is 411 g/mol. The number of nitrogens with zero attached hydrogens (tertiary/aromatic N) is 1. The summed E-state index contributed by atoms with van der Waals surface area (Å²) in [5, 5.41) is 2.86. The minimum atomic E-state index is -0.207. The van der Waals surface area contributed by atoms with Crippen molar-refractivity contribution in [2.45, 2.75) is 6.54 Å². The zero-order chi connectivity index (χ0) is 16.8. The first kappa shape index (κ1) is 17.3. The highest BCUT2D eigenvalue weighted by Crippen LogP contribution is 2.31. The first-order valence-electron chi connectivity index (χ1n) is 6.78. The summed E-state index contributed by atoms with van der Waals surface area (Å²) in [5.41, 5.74) is 1.32. The van der Waals surface area contributed by atoms with Crippen molar-refractivity contribution in [3.05, 3.63) is 45.2 Å². The van der Waals surface area contributed by atoms with Crippen molar-refractivity contribution in [2.75, 3.05) is 21.3 Å². The molecule has 2 rings (SSSR count). The number of pyridine rings is 1. The Balaban J connectivity index is 2.18. The average Bonchev–Trinajstić information content (AvgIpc) is 2.59. The third kappa shape index (κ3) is 4.04. The van der Waals surface area contributed by atoms with Gasteiger partial charge in [0.25, 0.3) is 5.91 Å². The number of benzene rings is 1. The first-order valence-corrected chi connectivity index (χ1v) is 7.86. The molecule has 2 aromatic rings. The zero-order valence-corrected chi connectivity index (χ0v) is 15.2. The van der Waals surface area contributed by atoms with E-state index in [1.54, 1.807) is 38.6 Å². The number of hydrogen-bond acceptors (Lipinski definition) is 5. The summed E-state index contributed by atoms with van der Waals surface area (Å²) < 4.78 is 16.4. The molecule has 0 fully saturated rings. The SMILES string of the molecule is COc1cc(I)c(C(=O)NCc2cccnc2OC)cc1OC. The maximum absolute atomic E-state index is 12.4. The predicted molar refractivity (Wildman–Crippen MR) is 94.2 cm³/mol. The van der Waals surface area contributed by atoms with Gasteiger partial charge in [0, 0.05) is 21.9 Å². The van der Waals surface area contributed by atoms with Crippen molar-refractivity contribution >= 4 is 28.5 Å². The largest absolute Gasteiger partial charge is 0.493 e. The first-order chi connectivity index (χ1) is 11.1. The molecular formula is C16H17IN2O4. The maximum Gasteiger partial charge on any atom is 0.252 e. The van der Waals surface area contributed by atoms with E-state index in [4.69, 9.17) is 14.2 Å². The van der Waals surface area contributed by atoms with E-state index in [-0.39, 0.29) is 5.91 Å². The molecule has 0 unspecified atom stereocenters. The van der Waals surface area contributed by atoms with Crippen LogP contribution in [0.15, 0.2) is 30.5 Å². The van der Waals surface area contributed by atoms with Crippen molar-refractivity contribution in [3.63, 3.8) is 0 Å². The number of amides is 1. The van der Waals surface area contributed by atoms with Gasteiger partial charge < -0.3 is 19.5 Å². The van der Waals surface area contributed by atoms with E-state index >= 15 is 0 Å². The van der Waals surface area contributed by atoms with Gasteiger partial charge in [-0.2, -0.15) is 0 Å². The molecule has 0 radical (unpaired) electrons. The van der Waals surface area contributed by atoms with Crippen LogP contribution < -0.4 is 19.5 Å². The molecule has 0 aliphatic carbocycles. The van der Waals surface area contributed by atoms with E-state index in [0.29, 0.717) is 29.5 Å². The molecule has 0 atom stereocenters. The van der Waals surface area contributed by atoms with Crippen LogP contribution in [0.2, 0.25) is 0 Å². The number of carbonyl (C=O) groups is 1. The predicted octanol–water partition coefficient (Wildman–Crippen LogP) is 2.64. The second-order valence-corrected chi connectivity index (χ2v) is 5.70. The Morgan fingerprint density at radius 2 is 1.87 bits per heavy atom. The van der Waals surface area contributed by atoms with Crippen molar-refractivity contribution in [3.8, 4) is 17.4 Å². The quantitative estimate of drug-likeness (QED) is 0.717. The molecule has 1 aromatic heterocycles. The summed E-state index contributed by atoms with van der Waals surface area (Å²) in [5.74, 6) is 1.38. The van der Waals surface area contributed by atoms with Gasteiger partial charge in [0.2, 0.25) is 5.88 Å². The number of ether oxygens (including phenoxy) is 3. The monoisotopic (exact) mass is 428 g/mol. The molecule has 0 aliphatic rings. The van der Waals surface area contributed by atoms with Crippen LogP contribution in [0.5, 0.6) is 17.4 Å². The highest BCUT2D eigenvalue weighted by atomic mass is 127. The Kier molecular flexibility index (Phi) is 6.03. The Morgan fingerprint density at radius 3 is 2.52 bits per heavy atom. The lowest BCUT2D eigenvalue weighted by molar-refractivity contribution is 0.0949. The van der Waals surface area contributed by atoms with E-state index in [1.165, 1.54) is 7.11 Å². The van der Waals surface area contributed by atoms with Crippen molar-refractivity contribution in [1.29, 1.82) is 0 Å². The summed E-state index contributed by atoms with van der Waals surface area (Å²) >= 11 is 2.09. The van der Waals surface area contributed by atoms with Crippen LogP contribution in [0.3, 0.4) is 0 Å². The van der Waals surface area contributed by atoms with Gasteiger partial charge in [0.1, 0.15) is 0 Å². The van der Waals surface area contributed by atoms with E-state index in [0.717, 1.165) is 9.13 Å². The highest BCUT2D eigenvalue weighted by Gasteiger charge is 2.16. The van der Waals surface area contributed by atoms with Crippen LogP contribution in [0.4, 0.5) is 0 Å². The molecule has 0 aliphatic heterocycles. The molecule has 1 N–H and O–H groups in total. The van der Waals surface area contributed by atoms with Crippen LogP contribution in [0, 0.1) is 3.57 Å². The number of carbonyl (C=O) groups excluding carboxylic acids is 1. The van der Waals surface area contributed by atoms with Gasteiger partial charge in [-0.15, -0.1) is 0 Å². The molecule has 0 bridgehead atoms. The number of halogens is 1. The molecule has 6 nitrogen and oxygen atoms in total. The van der Waals surface area contributed by atoms with E-state index in [9.17, 15) is 4.79 Å². The minimum absolute atomic E-state index is 0.207. The number of rotatable bonds is 6. The molecule has 1 amide bonds. The van der Waals surface area contributed by atoms with Gasteiger partial charge in [0.05, 0.1) is 26.9 Å². The molecule has 1 heterocycles. The Hall–Kier alpha value is -2.03. The second kappa shape index (κ2) is 8.00. The molecule has 0 spiro atoms. The number of hydrogen-bond donors (Lipinski definition) is 1. The fraction of sp³-hybridized carbons (Fsp3) is 0.250. The maximum atomic E-state index is 12.4. The van der Waals surface area contributed by atoms with Crippen LogP contribution in [0.1, 0.15) is 15.9 Å². The van der Waals surface area contributed by atoms with Gasteiger partial charge in [-0.25, -0.2) is 4.98 Å². The number of nitrogens with one attached hydrogen (secondary N) is 1. The lowest BCUT2D eigenvalue weighted by Gasteiger charge is -2.13. The summed E-state index contributed by atoms with van der Waals surface area (Å²) in [6.07, 6.45) is 1.64. The number of methoxy groups -OCH3 is 3. The molecule has 0 saturated heterocycles. The topological polar surface area (TPSA) is 69.7 Å². The lowest BCUT2D eigenvalue weighted by atomic mass is 10.1. The average molecular weight is 428 g/mol. The molecule has 23 heavy (non-hydrogen) atoms. The summed E-state index contributed by atoms with van der Waals surface area (Å²) in [7, 11) is 4.64. The van der Waals surface area contributed by atoms with Gasteiger partial charge in [0.15, 0.2) is 11.5 Å². The van der Waals surface area contributed by atoms with Crippen LogP contribution in [-0.4, -0.2) is 32.2 Å². The number of aromatic nitrogens is 1. The zero-order valence-electron chi connectivity index (χ0n) is 13.1. The lowest BCUT2D eigenvalue weighted by Crippen LogP contribution is -2.24. The smallest absolute Gasteiger partial charge is 0.252 e. The van der Waals surface area contributed by atoms with E-state index < -0.39 is 0 Å². The van der Waals surface area contributed by atoms with Crippen LogP contribution >= 0.6 is 22.6 Å². The Morgan fingerprint density at radius 1 is 1.17 bits per heavy atom. The Bertz CT molecular complexity index is 706.